The molecule has 7 heteroatoms. The number of carboxylic acids is 1. The molecule has 1 saturated heterocycles. The number of fused-ring (bicyclic) bond motifs is 2. The standard InChI is InChI=1S/C19H25N3O3S/c1-10(2)16-12-9-15(26-18(12)21(3)20-16)17(23)22-13-7-5-4-6-11(13)8-14(22)19(24)25/h9-11,13-14H,4-8H2,1-3H3,(H,24,25). The number of thiophene rings is 1. The Morgan fingerprint density at radius 3 is 2.73 bits per heavy atom. The van der Waals surface area contributed by atoms with E-state index in [1.165, 1.54) is 11.3 Å². The van der Waals surface area contributed by atoms with E-state index >= 15 is 0 Å². The molecule has 2 aromatic rings. The van der Waals surface area contributed by atoms with Crippen LogP contribution in [0.1, 0.15) is 67.2 Å². The van der Waals surface area contributed by atoms with Gasteiger partial charge in [-0.2, -0.15) is 5.10 Å². The summed E-state index contributed by atoms with van der Waals surface area (Å²) in [6, 6.07) is 1.30. The van der Waals surface area contributed by atoms with Gasteiger partial charge in [0.15, 0.2) is 0 Å². The highest BCUT2D eigenvalue weighted by Gasteiger charge is 2.48. The van der Waals surface area contributed by atoms with E-state index in [0.717, 1.165) is 41.6 Å². The van der Waals surface area contributed by atoms with Gasteiger partial charge in [-0.1, -0.05) is 26.7 Å². The van der Waals surface area contributed by atoms with Crippen LogP contribution in [-0.2, 0) is 11.8 Å². The normalized spacial score (nSPS) is 25.8. The van der Waals surface area contributed by atoms with Crippen LogP contribution in [0.2, 0.25) is 0 Å². The third-order valence-electron chi connectivity index (χ3n) is 5.91. The van der Waals surface area contributed by atoms with Crippen molar-refractivity contribution in [1.29, 1.82) is 0 Å². The molecule has 4 rings (SSSR count). The van der Waals surface area contributed by atoms with Gasteiger partial charge in [-0.3, -0.25) is 9.48 Å². The summed E-state index contributed by atoms with van der Waals surface area (Å²) < 4.78 is 1.83. The Morgan fingerprint density at radius 2 is 2.04 bits per heavy atom. The second-order valence-corrected chi connectivity index (χ2v) is 8.94. The number of likely N-dealkylation sites (tertiary alicyclic amines) is 1. The second kappa shape index (κ2) is 6.37. The number of aromatic nitrogens is 2. The first kappa shape index (κ1) is 17.5. The van der Waals surface area contributed by atoms with Crippen LogP contribution >= 0.6 is 11.3 Å². The van der Waals surface area contributed by atoms with E-state index in [2.05, 4.69) is 18.9 Å². The average Bonchev–Trinajstić information content (AvgIpc) is 3.27. The lowest BCUT2D eigenvalue weighted by Gasteiger charge is -2.32. The number of nitrogens with zero attached hydrogens (tertiary/aromatic N) is 3. The molecule has 0 aromatic carbocycles. The Bertz CT molecular complexity index is 869. The zero-order valence-electron chi connectivity index (χ0n) is 15.4. The number of aliphatic carboxylic acids is 1. The van der Waals surface area contributed by atoms with Crippen LogP contribution in [0, 0.1) is 5.92 Å². The Morgan fingerprint density at radius 1 is 1.31 bits per heavy atom. The lowest BCUT2D eigenvalue weighted by atomic mass is 9.85. The fraction of sp³-hybridized carbons (Fsp3) is 0.632. The zero-order valence-corrected chi connectivity index (χ0v) is 16.3. The predicted octanol–water partition coefficient (Wildman–Crippen LogP) is 3.62. The number of carbonyl (C=O) groups is 2. The van der Waals surface area contributed by atoms with E-state index in [1.807, 2.05) is 17.8 Å². The summed E-state index contributed by atoms with van der Waals surface area (Å²) in [5.74, 6) is -0.394. The van der Waals surface area contributed by atoms with E-state index in [9.17, 15) is 14.7 Å². The van der Waals surface area contributed by atoms with Crippen LogP contribution in [0.25, 0.3) is 10.2 Å². The highest BCUT2D eigenvalue weighted by atomic mass is 32.1. The smallest absolute Gasteiger partial charge is 0.326 e. The summed E-state index contributed by atoms with van der Waals surface area (Å²) >= 11 is 1.43. The third kappa shape index (κ3) is 2.64. The third-order valence-corrected chi connectivity index (χ3v) is 7.10. The van der Waals surface area contributed by atoms with Gasteiger partial charge >= 0.3 is 5.97 Å². The zero-order chi connectivity index (χ0) is 18.6. The van der Waals surface area contributed by atoms with Crippen molar-refractivity contribution < 1.29 is 14.7 Å². The van der Waals surface area contributed by atoms with Crippen molar-refractivity contribution in [1.82, 2.24) is 14.7 Å². The summed E-state index contributed by atoms with van der Waals surface area (Å²) in [6.45, 7) is 4.18. The summed E-state index contributed by atoms with van der Waals surface area (Å²) in [7, 11) is 1.89. The second-order valence-electron chi connectivity index (χ2n) is 7.91. The Balaban J connectivity index is 1.72. The maximum absolute atomic E-state index is 13.3. The maximum atomic E-state index is 13.3. The van der Waals surface area contributed by atoms with Gasteiger partial charge in [-0.15, -0.1) is 11.3 Å². The maximum Gasteiger partial charge on any atom is 0.326 e. The van der Waals surface area contributed by atoms with Crippen LogP contribution in [0.15, 0.2) is 6.07 Å². The van der Waals surface area contributed by atoms with Crippen LogP contribution in [0.5, 0.6) is 0 Å². The van der Waals surface area contributed by atoms with Gasteiger partial charge in [0.2, 0.25) is 0 Å². The molecule has 0 spiro atoms. The first-order chi connectivity index (χ1) is 12.4. The molecule has 140 valence electrons. The van der Waals surface area contributed by atoms with E-state index < -0.39 is 12.0 Å². The predicted molar refractivity (Wildman–Crippen MR) is 101 cm³/mol. The largest absolute Gasteiger partial charge is 0.480 e. The number of rotatable bonds is 3. The minimum Gasteiger partial charge on any atom is -0.480 e. The number of hydrogen-bond acceptors (Lipinski definition) is 4. The molecule has 6 nitrogen and oxygen atoms in total. The first-order valence-electron chi connectivity index (χ1n) is 9.40. The van der Waals surface area contributed by atoms with Crippen molar-refractivity contribution in [3.05, 3.63) is 16.6 Å². The van der Waals surface area contributed by atoms with E-state index in [1.54, 1.807) is 4.90 Å². The van der Waals surface area contributed by atoms with Crippen molar-refractivity contribution in [2.24, 2.45) is 13.0 Å². The van der Waals surface area contributed by atoms with Gasteiger partial charge in [0.05, 0.1) is 10.6 Å². The van der Waals surface area contributed by atoms with Gasteiger partial charge in [-0.05, 0) is 37.2 Å². The highest BCUT2D eigenvalue weighted by molar-refractivity contribution is 7.20. The molecule has 1 amide bonds. The minimum atomic E-state index is -0.876. The van der Waals surface area contributed by atoms with Crippen molar-refractivity contribution in [2.75, 3.05) is 0 Å². The molecule has 1 aliphatic heterocycles. The molecule has 1 aliphatic carbocycles. The Labute approximate surface area is 156 Å². The SMILES string of the molecule is CC(C)c1nn(C)c2sc(C(=O)N3C(C(=O)O)CC4CCCCC43)cc12. The molecule has 3 atom stereocenters. The molecule has 0 bridgehead atoms. The molecule has 3 unspecified atom stereocenters. The number of aryl methyl sites for hydroxylation is 1. The molecular formula is C19H25N3O3S. The van der Waals surface area contributed by atoms with Crippen molar-refractivity contribution >= 4 is 33.4 Å². The lowest BCUT2D eigenvalue weighted by Crippen LogP contribution is -2.46. The van der Waals surface area contributed by atoms with Crippen LogP contribution in [0.3, 0.4) is 0 Å². The van der Waals surface area contributed by atoms with E-state index in [0.29, 0.717) is 17.2 Å². The quantitative estimate of drug-likeness (QED) is 0.889. The fourth-order valence-corrected chi connectivity index (χ4v) is 5.72. The van der Waals surface area contributed by atoms with Crippen LogP contribution < -0.4 is 0 Å². The summed E-state index contributed by atoms with van der Waals surface area (Å²) in [5, 5.41) is 15.3. The van der Waals surface area contributed by atoms with Gasteiger partial charge in [0.1, 0.15) is 10.9 Å². The summed E-state index contributed by atoms with van der Waals surface area (Å²) in [5.41, 5.74) is 0.990. The molecular weight excluding hydrogens is 350 g/mol. The van der Waals surface area contributed by atoms with E-state index in [4.69, 9.17) is 0 Å². The molecule has 0 radical (unpaired) electrons. The monoisotopic (exact) mass is 375 g/mol. The van der Waals surface area contributed by atoms with Crippen molar-refractivity contribution in [2.45, 2.75) is 64.0 Å². The first-order valence-corrected chi connectivity index (χ1v) is 10.2. The molecule has 2 aromatic heterocycles. The van der Waals surface area contributed by atoms with E-state index in [-0.39, 0.29) is 17.9 Å². The summed E-state index contributed by atoms with van der Waals surface area (Å²) in [6.07, 6.45) is 4.76. The summed E-state index contributed by atoms with van der Waals surface area (Å²) in [4.78, 5) is 28.4. The molecule has 2 fully saturated rings. The molecule has 1 N–H and O–H groups in total. The van der Waals surface area contributed by atoms with Crippen molar-refractivity contribution in [3.63, 3.8) is 0 Å². The number of amides is 1. The average molecular weight is 375 g/mol. The number of carbonyl (C=O) groups excluding carboxylic acids is 1. The van der Waals surface area contributed by atoms with Crippen molar-refractivity contribution in [3.8, 4) is 0 Å². The minimum absolute atomic E-state index is 0.0743. The van der Waals surface area contributed by atoms with Gasteiger partial charge in [0.25, 0.3) is 5.91 Å². The number of carboxylic acid groups (broad SMARTS) is 1. The van der Waals surface area contributed by atoms with Gasteiger partial charge in [-0.25, -0.2) is 4.79 Å². The highest BCUT2D eigenvalue weighted by Crippen LogP contribution is 2.42. The van der Waals surface area contributed by atoms with Gasteiger partial charge < -0.3 is 10.0 Å². The molecule has 26 heavy (non-hydrogen) atoms. The fourth-order valence-electron chi connectivity index (χ4n) is 4.70. The molecule has 3 heterocycles. The van der Waals surface area contributed by atoms with Crippen LogP contribution in [0.4, 0.5) is 0 Å². The topological polar surface area (TPSA) is 75.4 Å². The molecule has 1 saturated carbocycles. The Kier molecular flexibility index (Phi) is 4.29. The van der Waals surface area contributed by atoms with Gasteiger partial charge in [0, 0.05) is 18.5 Å². The van der Waals surface area contributed by atoms with Crippen LogP contribution in [-0.4, -0.2) is 43.7 Å². The Hall–Kier alpha value is -1.89. The molecule has 2 aliphatic rings. The number of hydrogen-bond donors (Lipinski definition) is 1. The lowest BCUT2D eigenvalue weighted by molar-refractivity contribution is -0.141.